The number of aromatic nitrogens is 6. The standard InChI is InChI=1S/C20H23F3N8/c1-11-29-30-18-17-13(5-3-7-31(11)18)14(9-25-17)16-15(20(21,22)23)10-26-19(28-16)27-12-4-2-6-24-8-12/h9-10,12,24-25H,2-8H2,1H3,(H,26,27,28). The molecule has 0 spiro atoms. The van der Waals surface area contributed by atoms with E-state index in [-0.39, 0.29) is 17.7 Å². The van der Waals surface area contributed by atoms with Gasteiger partial charge in [0.15, 0.2) is 5.82 Å². The number of anilines is 1. The van der Waals surface area contributed by atoms with E-state index in [0.29, 0.717) is 30.0 Å². The van der Waals surface area contributed by atoms with Gasteiger partial charge in [0.1, 0.15) is 11.4 Å². The molecule has 0 bridgehead atoms. The molecule has 31 heavy (non-hydrogen) atoms. The van der Waals surface area contributed by atoms with E-state index in [1.165, 1.54) is 0 Å². The Labute approximate surface area is 176 Å². The van der Waals surface area contributed by atoms with Crippen molar-refractivity contribution in [2.24, 2.45) is 0 Å². The molecule has 0 amide bonds. The van der Waals surface area contributed by atoms with Crippen molar-refractivity contribution < 1.29 is 13.2 Å². The summed E-state index contributed by atoms with van der Waals surface area (Å²) in [5.74, 6) is 1.63. The minimum Gasteiger partial charge on any atom is -0.358 e. The average Bonchev–Trinajstić information content (AvgIpc) is 3.26. The number of H-pyrrole nitrogens is 1. The van der Waals surface area contributed by atoms with Crippen molar-refractivity contribution in [2.75, 3.05) is 18.4 Å². The first-order valence-electron chi connectivity index (χ1n) is 10.4. The van der Waals surface area contributed by atoms with Gasteiger partial charge in [0, 0.05) is 37.1 Å². The van der Waals surface area contributed by atoms with E-state index in [4.69, 9.17) is 0 Å². The Bertz CT molecular complexity index is 1090. The van der Waals surface area contributed by atoms with Crippen LogP contribution in [0.4, 0.5) is 19.1 Å². The fourth-order valence-electron chi connectivity index (χ4n) is 4.39. The Morgan fingerprint density at radius 1 is 1.23 bits per heavy atom. The first-order valence-corrected chi connectivity index (χ1v) is 10.4. The summed E-state index contributed by atoms with van der Waals surface area (Å²) in [6, 6.07) is 0.0863. The lowest BCUT2D eigenvalue weighted by Gasteiger charge is -2.24. The summed E-state index contributed by atoms with van der Waals surface area (Å²) in [5, 5.41) is 14.8. The maximum Gasteiger partial charge on any atom is 0.419 e. The molecule has 1 unspecified atom stereocenters. The van der Waals surface area contributed by atoms with Crippen LogP contribution in [-0.4, -0.2) is 48.8 Å². The van der Waals surface area contributed by atoms with Gasteiger partial charge >= 0.3 is 6.18 Å². The fraction of sp³-hybridized carbons (Fsp3) is 0.500. The third kappa shape index (κ3) is 3.67. The van der Waals surface area contributed by atoms with Crippen molar-refractivity contribution in [3.05, 3.63) is 29.3 Å². The average molecular weight is 432 g/mol. The van der Waals surface area contributed by atoms with Crippen LogP contribution in [0.25, 0.3) is 22.8 Å². The normalized spacial score (nSPS) is 18.9. The maximum atomic E-state index is 13.8. The molecule has 5 rings (SSSR count). The Morgan fingerprint density at radius 3 is 2.87 bits per heavy atom. The third-order valence-electron chi connectivity index (χ3n) is 5.93. The summed E-state index contributed by atoms with van der Waals surface area (Å²) in [4.78, 5) is 11.4. The van der Waals surface area contributed by atoms with Crippen molar-refractivity contribution in [3.63, 3.8) is 0 Å². The highest BCUT2D eigenvalue weighted by Crippen LogP contribution is 2.40. The molecule has 0 radical (unpaired) electrons. The van der Waals surface area contributed by atoms with Gasteiger partial charge in [0.2, 0.25) is 5.95 Å². The summed E-state index contributed by atoms with van der Waals surface area (Å²) in [5.41, 5.74) is 0.953. The van der Waals surface area contributed by atoms with Crippen LogP contribution in [0.2, 0.25) is 0 Å². The number of nitrogens with one attached hydrogen (secondary N) is 3. The predicted octanol–water partition coefficient (Wildman–Crippen LogP) is 3.17. The lowest BCUT2D eigenvalue weighted by Crippen LogP contribution is -2.38. The van der Waals surface area contributed by atoms with E-state index < -0.39 is 11.7 Å². The molecule has 3 N–H and O–H groups in total. The van der Waals surface area contributed by atoms with Crippen molar-refractivity contribution in [1.82, 2.24) is 35.0 Å². The van der Waals surface area contributed by atoms with Gasteiger partial charge in [-0.15, -0.1) is 10.2 Å². The highest BCUT2D eigenvalue weighted by molar-refractivity contribution is 5.75. The molecule has 2 aliphatic heterocycles. The maximum absolute atomic E-state index is 13.8. The lowest BCUT2D eigenvalue weighted by molar-refractivity contribution is -0.137. The topological polar surface area (TPSA) is 96.3 Å². The van der Waals surface area contributed by atoms with E-state index in [1.54, 1.807) is 6.20 Å². The first kappa shape index (κ1) is 20.0. The first-order chi connectivity index (χ1) is 14.9. The predicted molar refractivity (Wildman–Crippen MR) is 108 cm³/mol. The van der Waals surface area contributed by atoms with Gasteiger partial charge in [-0.25, -0.2) is 9.97 Å². The van der Waals surface area contributed by atoms with Gasteiger partial charge in [-0.05, 0) is 44.7 Å². The van der Waals surface area contributed by atoms with E-state index in [1.807, 2.05) is 11.5 Å². The molecule has 0 aliphatic carbocycles. The second kappa shape index (κ2) is 7.63. The van der Waals surface area contributed by atoms with Crippen molar-refractivity contribution in [2.45, 2.75) is 51.4 Å². The minimum absolute atomic E-state index is 0.0863. The number of halogens is 3. The molecule has 1 atom stereocenters. The molecular weight excluding hydrogens is 409 g/mol. The molecule has 11 heteroatoms. The van der Waals surface area contributed by atoms with Gasteiger partial charge < -0.3 is 20.2 Å². The van der Waals surface area contributed by atoms with Crippen LogP contribution >= 0.6 is 0 Å². The molecule has 5 heterocycles. The smallest absolute Gasteiger partial charge is 0.358 e. The van der Waals surface area contributed by atoms with Crippen molar-refractivity contribution in [3.8, 4) is 22.8 Å². The Balaban J connectivity index is 1.59. The Kier molecular flexibility index (Phi) is 4.92. The number of hydrogen-bond donors (Lipinski definition) is 3. The van der Waals surface area contributed by atoms with Gasteiger partial charge in [0.05, 0.1) is 11.4 Å². The summed E-state index contributed by atoms with van der Waals surface area (Å²) >= 11 is 0. The van der Waals surface area contributed by atoms with Crippen LogP contribution < -0.4 is 10.6 Å². The third-order valence-corrected chi connectivity index (χ3v) is 5.93. The zero-order valence-electron chi connectivity index (χ0n) is 17.1. The van der Waals surface area contributed by atoms with Crippen LogP contribution in [0.5, 0.6) is 0 Å². The van der Waals surface area contributed by atoms with E-state index in [9.17, 15) is 13.2 Å². The van der Waals surface area contributed by atoms with E-state index >= 15 is 0 Å². The quantitative estimate of drug-likeness (QED) is 0.588. The van der Waals surface area contributed by atoms with Crippen LogP contribution in [0.3, 0.4) is 0 Å². The number of aromatic amines is 1. The molecule has 3 aromatic rings. The van der Waals surface area contributed by atoms with Gasteiger partial charge in [0.25, 0.3) is 0 Å². The lowest BCUT2D eigenvalue weighted by atomic mass is 10.0. The number of aryl methyl sites for hydroxylation is 1. The van der Waals surface area contributed by atoms with Gasteiger partial charge in [-0.1, -0.05) is 0 Å². The SMILES string of the molecule is Cc1nnc2n1CCCc1c(-c3nc(NC4CCCNC4)ncc3C(F)(F)F)c[nH]c1-2. The molecule has 0 saturated carbocycles. The van der Waals surface area contributed by atoms with Crippen LogP contribution in [0.15, 0.2) is 12.4 Å². The molecule has 0 aromatic carbocycles. The zero-order chi connectivity index (χ0) is 21.6. The molecule has 164 valence electrons. The molecule has 1 saturated heterocycles. The summed E-state index contributed by atoms with van der Waals surface area (Å²) in [6.07, 6.45) is 1.21. The molecule has 2 aliphatic rings. The highest BCUT2D eigenvalue weighted by Gasteiger charge is 2.37. The Hall–Kier alpha value is -2.95. The van der Waals surface area contributed by atoms with Gasteiger partial charge in [-0.2, -0.15) is 13.2 Å². The summed E-state index contributed by atoms with van der Waals surface area (Å²) in [6.45, 7) is 4.26. The molecule has 8 nitrogen and oxygen atoms in total. The number of nitrogens with zero attached hydrogens (tertiary/aromatic N) is 5. The summed E-state index contributed by atoms with van der Waals surface area (Å²) < 4.78 is 43.5. The van der Waals surface area contributed by atoms with Crippen LogP contribution in [-0.2, 0) is 19.1 Å². The summed E-state index contributed by atoms with van der Waals surface area (Å²) in [7, 11) is 0. The van der Waals surface area contributed by atoms with Crippen LogP contribution in [0, 0.1) is 6.92 Å². The number of piperidine rings is 1. The second-order valence-corrected chi connectivity index (χ2v) is 8.02. The molecular formula is C20H23F3N8. The largest absolute Gasteiger partial charge is 0.419 e. The second-order valence-electron chi connectivity index (χ2n) is 8.02. The fourth-order valence-corrected chi connectivity index (χ4v) is 4.39. The number of rotatable bonds is 3. The van der Waals surface area contributed by atoms with E-state index in [2.05, 4.69) is 35.8 Å². The number of alkyl halides is 3. The zero-order valence-corrected chi connectivity index (χ0v) is 17.1. The monoisotopic (exact) mass is 432 g/mol. The Morgan fingerprint density at radius 2 is 2.10 bits per heavy atom. The molecule has 3 aromatic heterocycles. The van der Waals surface area contributed by atoms with Crippen LogP contribution in [0.1, 0.15) is 36.2 Å². The van der Waals surface area contributed by atoms with E-state index in [0.717, 1.165) is 49.9 Å². The van der Waals surface area contributed by atoms with Crippen molar-refractivity contribution in [1.29, 1.82) is 0 Å². The highest BCUT2D eigenvalue weighted by atomic mass is 19.4. The molecule has 1 fully saturated rings. The number of fused-ring (bicyclic) bond motifs is 3. The minimum atomic E-state index is -4.56. The van der Waals surface area contributed by atoms with Crippen molar-refractivity contribution >= 4 is 5.95 Å². The van der Waals surface area contributed by atoms with Gasteiger partial charge in [-0.3, -0.25) is 0 Å². The number of hydrogen-bond acceptors (Lipinski definition) is 6.